The van der Waals surface area contributed by atoms with Gasteiger partial charge in [-0.2, -0.15) is 0 Å². The first-order chi connectivity index (χ1) is 15.7. The lowest BCUT2D eigenvalue weighted by Crippen LogP contribution is -2.41. The first-order valence-corrected chi connectivity index (χ1v) is 11.8. The van der Waals surface area contributed by atoms with E-state index < -0.39 is 0 Å². The summed E-state index contributed by atoms with van der Waals surface area (Å²) in [4.78, 5) is 14.9. The Morgan fingerprint density at radius 3 is 2.66 bits per heavy atom. The maximum absolute atomic E-state index is 13.1. The van der Waals surface area contributed by atoms with E-state index in [1.807, 2.05) is 58.0 Å². The predicted molar refractivity (Wildman–Crippen MR) is 125 cm³/mol. The van der Waals surface area contributed by atoms with Crippen molar-refractivity contribution in [3.05, 3.63) is 64.7 Å². The molecule has 2 heterocycles. The number of thioether (sulfide) groups is 1. The first kappa shape index (κ1) is 22.8. The van der Waals surface area contributed by atoms with Gasteiger partial charge in [-0.25, -0.2) is 0 Å². The number of benzene rings is 2. The summed E-state index contributed by atoms with van der Waals surface area (Å²) >= 11 is 7.95. The summed E-state index contributed by atoms with van der Waals surface area (Å²) in [5.74, 6) is 1.34. The molecule has 3 aromatic rings. The molecular weight excluding hydrogens is 448 g/mol. The van der Waals surface area contributed by atoms with E-state index in [1.165, 1.54) is 0 Å². The summed E-state index contributed by atoms with van der Waals surface area (Å²) in [5, 5.41) is 10.2. The number of carbonyl (C=O) groups is 1. The molecule has 1 aliphatic heterocycles. The predicted octanol–water partition coefficient (Wildman–Crippen LogP) is 4.01. The van der Waals surface area contributed by atoms with Gasteiger partial charge in [0.05, 0.1) is 31.4 Å². The van der Waals surface area contributed by atoms with Crippen LogP contribution in [-0.4, -0.2) is 65.6 Å². The van der Waals surface area contributed by atoms with Crippen LogP contribution in [0, 0.1) is 0 Å². The number of aromatic nitrogens is 3. The van der Waals surface area contributed by atoms with Crippen molar-refractivity contribution in [2.75, 3.05) is 40.0 Å². The van der Waals surface area contributed by atoms with E-state index in [2.05, 4.69) is 10.2 Å². The van der Waals surface area contributed by atoms with Crippen LogP contribution >= 0.6 is 23.4 Å². The Labute approximate surface area is 196 Å². The maximum atomic E-state index is 13.1. The molecule has 0 atom stereocenters. The van der Waals surface area contributed by atoms with E-state index >= 15 is 0 Å². The lowest BCUT2D eigenvalue weighted by atomic mass is 10.1. The Morgan fingerprint density at radius 1 is 1.12 bits per heavy atom. The van der Waals surface area contributed by atoms with Gasteiger partial charge in [-0.1, -0.05) is 53.7 Å². The van der Waals surface area contributed by atoms with Crippen LogP contribution in [0.4, 0.5) is 0 Å². The van der Waals surface area contributed by atoms with E-state index in [0.717, 1.165) is 21.8 Å². The van der Waals surface area contributed by atoms with E-state index in [9.17, 15) is 4.79 Å². The third kappa shape index (κ3) is 5.15. The molecule has 2 aromatic carbocycles. The average molecular weight is 473 g/mol. The highest BCUT2D eigenvalue weighted by molar-refractivity contribution is 7.98. The van der Waals surface area contributed by atoms with Crippen molar-refractivity contribution in [1.29, 1.82) is 0 Å². The van der Waals surface area contributed by atoms with Crippen LogP contribution in [0.1, 0.15) is 15.9 Å². The number of carbonyl (C=O) groups excluding carboxylic acids is 1. The fraction of sp³-hybridized carbons (Fsp3) is 0.348. The summed E-state index contributed by atoms with van der Waals surface area (Å²) in [6.45, 7) is 3.52. The second-order valence-electron chi connectivity index (χ2n) is 7.28. The fourth-order valence-electron chi connectivity index (χ4n) is 3.56. The van der Waals surface area contributed by atoms with Gasteiger partial charge in [0.25, 0.3) is 5.91 Å². The van der Waals surface area contributed by atoms with Gasteiger partial charge >= 0.3 is 0 Å². The van der Waals surface area contributed by atoms with Crippen LogP contribution < -0.4 is 0 Å². The number of halogens is 1. The second-order valence-corrected chi connectivity index (χ2v) is 8.63. The van der Waals surface area contributed by atoms with Crippen LogP contribution in [0.5, 0.6) is 0 Å². The van der Waals surface area contributed by atoms with Gasteiger partial charge in [0, 0.05) is 37.1 Å². The van der Waals surface area contributed by atoms with E-state index in [1.54, 1.807) is 18.9 Å². The smallest absolute Gasteiger partial charge is 0.254 e. The Kier molecular flexibility index (Phi) is 7.81. The van der Waals surface area contributed by atoms with E-state index in [0.29, 0.717) is 56.1 Å². The molecule has 4 rings (SSSR count). The summed E-state index contributed by atoms with van der Waals surface area (Å²) in [7, 11) is 1.67. The fourth-order valence-corrected chi connectivity index (χ4v) is 4.74. The minimum atomic E-state index is 0.0436. The highest BCUT2D eigenvalue weighted by Crippen LogP contribution is 2.31. The molecule has 0 spiro atoms. The van der Waals surface area contributed by atoms with Crippen LogP contribution in [0.3, 0.4) is 0 Å². The van der Waals surface area contributed by atoms with Crippen LogP contribution in [0.25, 0.3) is 11.4 Å². The van der Waals surface area contributed by atoms with Gasteiger partial charge in [-0.15, -0.1) is 10.2 Å². The van der Waals surface area contributed by atoms with Gasteiger partial charge in [-0.05, 0) is 23.8 Å². The van der Waals surface area contributed by atoms with Crippen molar-refractivity contribution < 1.29 is 14.3 Å². The number of morpholine rings is 1. The van der Waals surface area contributed by atoms with E-state index in [4.69, 9.17) is 21.1 Å². The van der Waals surface area contributed by atoms with Crippen LogP contribution in [0.15, 0.2) is 53.7 Å². The first-order valence-electron chi connectivity index (χ1n) is 10.4. The lowest BCUT2D eigenvalue weighted by Gasteiger charge is -2.27. The second kappa shape index (κ2) is 11.0. The molecule has 0 aliphatic carbocycles. The summed E-state index contributed by atoms with van der Waals surface area (Å²) in [6, 6.07) is 15.3. The van der Waals surface area contributed by atoms with Crippen molar-refractivity contribution in [3.63, 3.8) is 0 Å². The third-order valence-electron chi connectivity index (χ3n) is 5.25. The van der Waals surface area contributed by atoms with Crippen molar-refractivity contribution in [1.82, 2.24) is 19.7 Å². The van der Waals surface area contributed by atoms with Crippen LogP contribution in [0.2, 0.25) is 5.02 Å². The van der Waals surface area contributed by atoms with Crippen molar-refractivity contribution in [3.8, 4) is 11.4 Å². The van der Waals surface area contributed by atoms with Crippen molar-refractivity contribution in [2.24, 2.45) is 0 Å². The largest absolute Gasteiger partial charge is 0.383 e. The zero-order valence-electron chi connectivity index (χ0n) is 17.9. The third-order valence-corrected chi connectivity index (χ3v) is 6.60. The topological polar surface area (TPSA) is 69.5 Å². The number of rotatable bonds is 8. The zero-order chi connectivity index (χ0) is 22.3. The number of hydrogen-bond donors (Lipinski definition) is 0. The molecule has 1 amide bonds. The molecule has 7 nitrogen and oxygen atoms in total. The lowest BCUT2D eigenvalue weighted by molar-refractivity contribution is 0.0302. The molecule has 168 valence electrons. The molecule has 1 saturated heterocycles. The SMILES string of the molecule is COCCn1c(SCc2ccccc2C(=O)N2CCOCC2)nnc1-c1ccccc1Cl. The molecule has 0 N–H and O–H groups in total. The zero-order valence-corrected chi connectivity index (χ0v) is 19.4. The molecule has 1 aliphatic rings. The standard InChI is InChI=1S/C23H25ClN4O3S/c1-30-13-12-28-21(19-8-4-5-9-20(19)24)25-26-23(28)32-16-17-6-2-3-7-18(17)22(29)27-10-14-31-15-11-27/h2-9H,10-16H2,1H3. The molecule has 1 fully saturated rings. The maximum Gasteiger partial charge on any atom is 0.254 e. The highest BCUT2D eigenvalue weighted by atomic mass is 35.5. The number of hydrogen-bond acceptors (Lipinski definition) is 6. The molecule has 0 saturated carbocycles. The Morgan fingerprint density at radius 2 is 1.88 bits per heavy atom. The minimum Gasteiger partial charge on any atom is -0.383 e. The van der Waals surface area contributed by atoms with Gasteiger partial charge < -0.3 is 14.4 Å². The molecule has 0 unspecified atom stereocenters. The monoisotopic (exact) mass is 472 g/mol. The Hall–Kier alpha value is -2.39. The molecule has 1 aromatic heterocycles. The number of methoxy groups -OCH3 is 1. The molecule has 9 heteroatoms. The Balaban J connectivity index is 1.57. The van der Waals surface area contributed by atoms with E-state index in [-0.39, 0.29) is 5.91 Å². The van der Waals surface area contributed by atoms with Gasteiger partial charge in [0.15, 0.2) is 11.0 Å². The number of nitrogens with zero attached hydrogens (tertiary/aromatic N) is 4. The number of ether oxygens (including phenoxy) is 2. The average Bonchev–Trinajstić information content (AvgIpc) is 3.24. The molecule has 0 radical (unpaired) electrons. The molecule has 0 bridgehead atoms. The quantitative estimate of drug-likeness (QED) is 0.461. The van der Waals surface area contributed by atoms with Gasteiger partial charge in [0.1, 0.15) is 0 Å². The summed E-state index contributed by atoms with van der Waals surface area (Å²) in [6.07, 6.45) is 0. The summed E-state index contributed by atoms with van der Waals surface area (Å²) < 4.78 is 12.7. The molecule has 32 heavy (non-hydrogen) atoms. The number of amides is 1. The van der Waals surface area contributed by atoms with Crippen molar-refractivity contribution >= 4 is 29.3 Å². The van der Waals surface area contributed by atoms with Crippen LogP contribution in [-0.2, 0) is 21.8 Å². The highest BCUT2D eigenvalue weighted by Gasteiger charge is 2.22. The van der Waals surface area contributed by atoms with Crippen molar-refractivity contribution in [2.45, 2.75) is 17.5 Å². The summed E-state index contributed by atoms with van der Waals surface area (Å²) in [5.41, 5.74) is 2.51. The molecular formula is C23H25ClN4O3S. The van der Waals surface area contributed by atoms with Gasteiger partial charge in [0.2, 0.25) is 0 Å². The normalized spacial score (nSPS) is 14.0. The van der Waals surface area contributed by atoms with Gasteiger partial charge in [-0.3, -0.25) is 9.36 Å². The minimum absolute atomic E-state index is 0.0436. The Bertz CT molecular complexity index is 1070.